The fourth-order valence-corrected chi connectivity index (χ4v) is 4.17. The van der Waals surface area contributed by atoms with Crippen LogP contribution in [0, 0.1) is 0 Å². The zero-order chi connectivity index (χ0) is 17.7. The van der Waals surface area contributed by atoms with Crippen LogP contribution in [-0.4, -0.2) is 34.9 Å². The topological polar surface area (TPSA) is 29.8 Å². The van der Waals surface area contributed by atoms with Gasteiger partial charge in [-0.1, -0.05) is 30.3 Å². The van der Waals surface area contributed by atoms with Crippen molar-refractivity contribution in [2.45, 2.75) is 32.5 Å². The summed E-state index contributed by atoms with van der Waals surface area (Å²) in [6.07, 6.45) is 0.998. The van der Waals surface area contributed by atoms with Crippen LogP contribution in [0.4, 0.5) is 0 Å². The molecule has 3 aromatic rings. The molecule has 0 saturated carbocycles. The van der Waals surface area contributed by atoms with Gasteiger partial charge in [-0.2, -0.15) is 0 Å². The molecule has 4 nitrogen and oxygen atoms in total. The quantitative estimate of drug-likeness (QED) is 0.721. The molecule has 0 saturated heterocycles. The number of ether oxygens (including phenoxy) is 1. The molecular formula is C22H23N3O. The van der Waals surface area contributed by atoms with Crippen LogP contribution in [-0.2, 0) is 19.6 Å². The summed E-state index contributed by atoms with van der Waals surface area (Å²) in [6.45, 7) is 4.83. The molecule has 0 fully saturated rings. The van der Waals surface area contributed by atoms with Gasteiger partial charge in [-0.25, -0.2) is 0 Å². The van der Waals surface area contributed by atoms with E-state index in [9.17, 15) is 0 Å². The first-order valence-corrected chi connectivity index (χ1v) is 9.32. The van der Waals surface area contributed by atoms with Gasteiger partial charge in [-0.15, -0.1) is 0 Å². The zero-order valence-corrected chi connectivity index (χ0v) is 15.3. The van der Waals surface area contributed by atoms with Gasteiger partial charge >= 0.3 is 0 Å². The monoisotopic (exact) mass is 345 g/mol. The van der Waals surface area contributed by atoms with Crippen molar-refractivity contribution in [2.24, 2.45) is 4.99 Å². The number of amidine groups is 1. The van der Waals surface area contributed by atoms with Crippen molar-refractivity contribution >= 4 is 16.7 Å². The average molecular weight is 345 g/mol. The smallest absolute Gasteiger partial charge is 0.148 e. The van der Waals surface area contributed by atoms with Crippen molar-refractivity contribution in [3.8, 4) is 5.75 Å². The Morgan fingerprint density at radius 3 is 2.81 bits per heavy atom. The summed E-state index contributed by atoms with van der Waals surface area (Å²) < 4.78 is 8.52. The second kappa shape index (κ2) is 5.90. The first-order chi connectivity index (χ1) is 12.7. The number of hydrogen-bond donors (Lipinski definition) is 0. The van der Waals surface area contributed by atoms with Gasteiger partial charge in [0, 0.05) is 31.0 Å². The molecule has 0 radical (unpaired) electrons. The van der Waals surface area contributed by atoms with Gasteiger partial charge in [0.2, 0.25) is 0 Å². The number of likely N-dealkylation sites (N-methyl/N-ethyl adjacent to an activating group) is 1. The van der Waals surface area contributed by atoms with Crippen molar-refractivity contribution in [3.05, 3.63) is 65.4 Å². The van der Waals surface area contributed by atoms with Crippen LogP contribution in [0.1, 0.15) is 23.7 Å². The maximum atomic E-state index is 6.07. The molecule has 0 bridgehead atoms. The van der Waals surface area contributed by atoms with E-state index in [4.69, 9.17) is 9.73 Å². The van der Waals surface area contributed by atoms with Gasteiger partial charge in [0.05, 0.1) is 11.7 Å². The lowest BCUT2D eigenvalue weighted by atomic mass is 9.99. The van der Waals surface area contributed by atoms with E-state index in [0.717, 1.165) is 31.1 Å². The van der Waals surface area contributed by atoms with Crippen LogP contribution in [0.15, 0.2) is 53.5 Å². The Balaban J connectivity index is 1.56. The predicted molar refractivity (Wildman–Crippen MR) is 105 cm³/mol. The van der Waals surface area contributed by atoms with E-state index in [1.165, 1.54) is 27.7 Å². The van der Waals surface area contributed by atoms with E-state index in [1.54, 1.807) is 0 Å². The van der Waals surface area contributed by atoms with Crippen LogP contribution in [0.3, 0.4) is 0 Å². The number of aliphatic imine (C=N–C) groups is 1. The fraction of sp³-hybridized carbons (Fsp3) is 0.318. The average Bonchev–Trinajstić information content (AvgIpc) is 2.97. The summed E-state index contributed by atoms with van der Waals surface area (Å²) in [6, 6.07) is 17.2. The number of nitrogens with zero attached hydrogens (tertiary/aromatic N) is 3. The molecule has 3 heterocycles. The highest BCUT2D eigenvalue weighted by molar-refractivity contribution is 6.06. The van der Waals surface area contributed by atoms with Crippen molar-refractivity contribution in [3.63, 3.8) is 0 Å². The summed E-state index contributed by atoms with van der Waals surface area (Å²) in [7, 11) is 2.15. The molecule has 2 aromatic carbocycles. The third-order valence-electron chi connectivity index (χ3n) is 5.46. The van der Waals surface area contributed by atoms with E-state index in [-0.39, 0.29) is 0 Å². The Bertz CT molecular complexity index is 1000. The van der Waals surface area contributed by atoms with E-state index < -0.39 is 0 Å². The minimum Gasteiger partial charge on any atom is -0.489 e. The highest BCUT2D eigenvalue weighted by atomic mass is 16.5. The lowest BCUT2D eigenvalue weighted by Crippen LogP contribution is -2.40. The number of aromatic nitrogens is 1. The molecule has 5 rings (SSSR count). The second-order valence-electron chi connectivity index (χ2n) is 7.36. The molecule has 1 unspecified atom stereocenters. The van der Waals surface area contributed by atoms with Crippen molar-refractivity contribution in [1.82, 2.24) is 9.47 Å². The van der Waals surface area contributed by atoms with Crippen molar-refractivity contribution in [1.29, 1.82) is 0 Å². The molecular weight excluding hydrogens is 322 g/mol. The van der Waals surface area contributed by atoms with E-state index in [1.807, 2.05) is 18.2 Å². The number of fused-ring (bicyclic) bond motifs is 3. The molecule has 1 aromatic heterocycles. The van der Waals surface area contributed by atoms with Gasteiger partial charge in [0.1, 0.15) is 18.2 Å². The van der Waals surface area contributed by atoms with Gasteiger partial charge < -0.3 is 14.2 Å². The summed E-state index contributed by atoms with van der Waals surface area (Å²) in [5.41, 5.74) is 5.23. The minimum absolute atomic E-state index is 0.325. The maximum Gasteiger partial charge on any atom is 0.148 e. The summed E-state index contributed by atoms with van der Waals surface area (Å²) >= 11 is 0. The first-order valence-electron chi connectivity index (χ1n) is 9.32. The van der Waals surface area contributed by atoms with Crippen molar-refractivity contribution < 1.29 is 4.74 Å². The van der Waals surface area contributed by atoms with Gasteiger partial charge in [-0.3, -0.25) is 4.99 Å². The highest BCUT2D eigenvalue weighted by Crippen LogP contribution is 2.35. The Labute approximate surface area is 153 Å². The van der Waals surface area contributed by atoms with Crippen LogP contribution in [0.2, 0.25) is 0 Å². The maximum absolute atomic E-state index is 6.07. The summed E-state index contributed by atoms with van der Waals surface area (Å²) in [4.78, 5) is 7.21. The van der Waals surface area contributed by atoms with E-state index in [0.29, 0.717) is 12.6 Å². The van der Waals surface area contributed by atoms with Crippen molar-refractivity contribution in [2.75, 3.05) is 13.6 Å². The third kappa shape index (κ3) is 2.40. The second-order valence-corrected chi connectivity index (χ2v) is 7.36. The van der Waals surface area contributed by atoms with Gasteiger partial charge in [0.25, 0.3) is 0 Å². The predicted octanol–water partition coefficient (Wildman–Crippen LogP) is 3.86. The zero-order valence-electron chi connectivity index (χ0n) is 15.3. The molecule has 2 aliphatic rings. The van der Waals surface area contributed by atoms with E-state index >= 15 is 0 Å². The molecule has 132 valence electrons. The Morgan fingerprint density at radius 1 is 1.12 bits per heavy atom. The molecule has 0 aliphatic carbocycles. The highest BCUT2D eigenvalue weighted by Gasteiger charge is 2.31. The molecule has 0 spiro atoms. The Hall–Kier alpha value is -2.75. The standard InChI is InChI=1S/C22H23N3O/c1-15-12-19-18-13-17(26-14-16-6-4-3-5-7-16)8-9-20(18)25-11-10-24(2)22(23-15)21(19)25/h3-9,13,15H,10-12,14H2,1-2H3. The van der Waals surface area contributed by atoms with Crippen LogP contribution < -0.4 is 4.74 Å². The van der Waals surface area contributed by atoms with Gasteiger partial charge in [-0.05, 0) is 42.7 Å². The molecule has 1 atom stereocenters. The Morgan fingerprint density at radius 2 is 1.96 bits per heavy atom. The molecule has 0 amide bonds. The van der Waals surface area contributed by atoms with Crippen LogP contribution >= 0.6 is 0 Å². The SMILES string of the molecule is CC1Cc2c3n(c4ccc(OCc5ccccc5)cc24)CCN(C)C3=N1. The first kappa shape index (κ1) is 15.5. The fourth-order valence-electron chi connectivity index (χ4n) is 4.17. The van der Waals surface area contributed by atoms with Gasteiger partial charge in [0.15, 0.2) is 0 Å². The van der Waals surface area contributed by atoms with E-state index in [2.05, 4.69) is 53.8 Å². The minimum atomic E-state index is 0.325. The summed E-state index contributed by atoms with van der Waals surface area (Å²) in [5.74, 6) is 2.08. The molecule has 4 heteroatoms. The Kier molecular flexibility index (Phi) is 3.52. The summed E-state index contributed by atoms with van der Waals surface area (Å²) in [5, 5.41) is 1.32. The van der Waals surface area contributed by atoms with Crippen LogP contribution in [0.5, 0.6) is 5.75 Å². The largest absolute Gasteiger partial charge is 0.489 e. The normalized spacial score (nSPS) is 18.6. The molecule has 2 aliphatic heterocycles. The molecule has 0 N–H and O–H groups in total. The number of benzene rings is 2. The lowest BCUT2D eigenvalue weighted by Gasteiger charge is -2.32. The third-order valence-corrected chi connectivity index (χ3v) is 5.46. The number of hydrogen-bond acceptors (Lipinski definition) is 3. The number of rotatable bonds is 3. The lowest BCUT2D eigenvalue weighted by molar-refractivity contribution is 0.306. The molecule has 26 heavy (non-hydrogen) atoms. The van der Waals surface area contributed by atoms with Crippen LogP contribution in [0.25, 0.3) is 10.9 Å².